The van der Waals surface area contributed by atoms with Crippen LogP contribution in [0.4, 0.5) is 0 Å². The van der Waals surface area contributed by atoms with E-state index >= 15 is 0 Å². The highest BCUT2D eigenvalue weighted by Gasteiger charge is 1.89. The van der Waals surface area contributed by atoms with Gasteiger partial charge in [-0.05, 0) is 31.8 Å². The van der Waals surface area contributed by atoms with Crippen molar-refractivity contribution in [2.24, 2.45) is 0 Å². The summed E-state index contributed by atoms with van der Waals surface area (Å²) in [5.41, 5.74) is 0. The molecule has 0 aliphatic heterocycles. The summed E-state index contributed by atoms with van der Waals surface area (Å²) in [5, 5.41) is 0. The van der Waals surface area contributed by atoms with Crippen molar-refractivity contribution in [1.82, 2.24) is 4.90 Å². The Hall–Kier alpha value is 0.750. The Balaban J connectivity index is 0. The fourth-order valence-electron chi connectivity index (χ4n) is 0.975. The summed E-state index contributed by atoms with van der Waals surface area (Å²) in [7, 11) is 0. The molecule has 92 valence electrons. The molecule has 15 heavy (non-hydrogen) atoms. The van der Waals surface area contributed by atoms with Crippen LogP contribution in [0.2, 0.25) is 0 Å². The smallest absolute Gasteiger partial charge is 0.101 e. The van der Waals surface area contributed by atoms with Crippen LogP contribution in [0.5, 0.6) is 0 Å². The van der Waals surface area contributed by atoms with E-state index in [-0.39, 0.29) is 0 Å². The number of rotatable bonds is 6. The van der Waals surface area contributed by atoms with E-state index < -0.39 is 0 Å². The zero-order chi connectivity index (χ0) is 12.1. The van der Waals surface area contributed by atoms with Gasteiger partial charge in [0.25, 0.3) is 0 Å². The molecule has 0 spiro atoms. The Morgan fingerprint density at radius 3 is 1.80 bits per heavy atom. The number of unbranched alkanes of at least 4 members (excludes halogenated alkanes) is 1. The third kappa shape index (κ3) is 17.4. The highest BCUT2D eigenvalue weighted by Crippen LogP contribution is 2.09. The average molecular weight is 268 g/mol. The van der Waals surface area contributed by atoms with Crippen molar-refractivity contribution >= 4 is 40.1 Å². The van der Waals surface area contributed by atoms with Gasteiger partial charge in [-0.25, -0.2) is 0 Å². The second-order valence-corrected chi connectivity index (χ2v) is 5.91. The summed E-state index contributed by atoms with van der Waals surface area (Å²) in [6, 6.07) is 0. The van der Waals surface area contributed by atoms with Gasteiger partial charge in [0.2, 0.25) is 0 Å². The van der Waals surface area contributed by atoms with Crippen molar-refractivity contribution in [3.63, 3.8) is 0 Å². The minimum atomic E-state index is 0.762. The molecule has 1 nitrogen and oxygen atoms in total. The largest absolute Gasteiger partial charge is 0.304 e. The van der Waals surface area contributed by atoms with E-state index in [4.69, 9.17) is 12.2 Å². The van der Waals surface area contributed by atoms with Gasteiger partial charge in [0, 0.05) is 0 Å². The van der Waals surface area contributed by atoms with E-state index in [2.05, 4.69) is 45.2 Å². The molecule has 0 aromatic rings. The molecular formula is C11H25NS3. The van der Waals surface area contributed by atoms with Crippen molar-refractivity contribution in [3.8, 4) is 0 Å². The van der Waals surface area contributed by atoms with Gasteiger partial charge < -0.3 is 4.90 Å². The lowest BCUT2D eigenvalue weighted by molar-refractivity contribution is 0.321. The van der Waals surface area contributed by atoms with E-state index in [1.807, 2.05) is 0 Å². The SMILES string of the molecule is CCCCSC(=S)S.CCN(CC)CC. The molecule has 0 aromatic heterocycles. The summed E-state index contributed by atoms with van der Waals surface area (Å²) < 4.78 is 0.762. The average Bonchev–Trinajstić information content (AvgIpc) is 2.21. The van der Waals surface area contributed by atoms with Crippen molar-refractivity contribution in [2.45, 2.75) is 40.5 Å². The summed E-state index contributed by atoms with van der Waals surface area (Å²) >= 11 is 10.4. The number of thiocarbonyl (C=S) groups is 1. The van der Waals surface area contributed by atoms with Crippen molar-refractivity contribution in [2.75, 3.05) is 25.4 Å². The maximum Gasteiger partial charge on any atom is 0.101 e. The van der Waals surface area contributed by atoms with Gasteiger partial charge in [-0.15, -0.1) is 24.4 Å². The Morgan fingerprint density at radius 2 is 1.60 bits per heavy atom. The first-order valence-corrected chi connectivity index (χ1v) is 7.54. The molecule has 0 aromatic carbocycles. The predicted octanol–water partition coefficient (Wildman–Crippen LogP) is 4.08. The van der Waals surface area contributed by atoms with Crippen LogP contribution in [0.1, 0.15) is 40.5 Å². The molecule has 0 saturated heterocycles. The fraction of sp³-hybridized carbons (Fsp3) is 0.909. The lowest BCUT2D eigenvalue weighted by Gasteiger charge is -2.13. The molecule has 0 amide bonds. The Labute approximate surface area is 111 Å². The molecule has 0 aliphatic carbocycles. The number of thioether (sulfide) groups is 1. The summed E-state index contributed by atoms with van der Waals surface area (Å²) in [6.07, 6.45) is 2.48. The van der Waals surface area contributed by atoms with Gasteiger partial charge in [-0.1, -0.05) is 46.3 Å². The molecule has 0 rings (SSSR count). The van der Waals surface area contributed by atoms with Crippen LogP contribution in [-0.4, -0.2) is 33.8 Å². The molecular weight excluding hydrogens is 242 g/mol. The molecule has 4 heteroatoms. The number of nitrogens with zero attached hydrogens (tertiary/aromatic N) is 1. The lowest BCUT2D eigenvalue weighted by atomic mass is 10.4. The van der Waals surface area contributed by atoms with Crippen molar-refractivity contribution in [3.05, 3.63) is 0 Å². The molecule has 0 atom stereocenters. The second-order valence-electron chi connectivity index (χ2n) is 3.09. The molecule has 0 unspecified atom stereocenters. The van der Waals surface area contributed by atoms with Crippen LogP contribution in [0.15, 0.2) is 0 Å². The first-order valence-electron chi connectivity index (χ1n) is 5.70. The number of hydrogen-bond acceptors (Lipinski definition) is 3. The van der Waals surface area contributed by atoms with E-state index in [0.717, 1.165) is 9.28 Å². The molecule has 0 saturated carbocycles. The summed E-state index contributed by atoms with van der Waals surface area (Å²) in [6.45, 7) is 12.3. The van der Waals surface area contributed by atoms with Gasteiger partial charge in [-0.2, -0.15) is 0 Å². The highest BCUT2D eigenvalue weighted by atomic mass is 32.2. The zero-order valence-corrected chi connectivity index (χ0v) is 13.0. The topological polar surface area (TPSA) is 3.24 Å². The van der Waals surface area contributed by atoms with E-state index in [9.17, 15) is 0 Å². The number of thiol groups is 1. The lowest BCUT2D eigenvalue weighted by Crippen LogP contribution is -2.21. The minimum Gasteiger partial charge on any atom is -0.304 e. The monoisotopic (exact) mass is 267 g/mol. The molecule has 0 heterocycles. The normalized spacial score (nSPS) is 9.73. The van der Waals surface area contributed by atoms with Crippen molar-refractivity contribution in [1.29, 1.82) is 0 Å². The van der Waals surface area contributed by atoms with Gasteiger partial charge in [0.05, 0.1) is 0 Å². The maximum absolute atomic E-state index is 4.74. The molecule has 0 fully saturated rings. The highest BCUT2D eigenvalue weighted by molar-refractivity contribution is 8.41. The van der Waals surface area contributed by atoms with Crippen LogP contribution in [0.3, 0.4) is 0 Å². The van der Waals surface area contributed by atoms with E-state index in [1.54, 1.807) is 11.8 Å². The van der Waals surface area contributed by atoms with Crippen LogP contribution in [-0.2, 0) is 0 Å². The Morgan fingerprint density at radius 1 is 1.13 bits per heavy atom. The first-order chi connectivity index (χ1) is 7.12. The standard InChI is InChI=1S/C6H15N.C5H10S3/c1-4-7(5-2)6-3;1-2-3-4-8-5(6)7/h4-6H2,1-3H3;2-4H2,1H3,(H,6,7). The number of hydrogen-bond donors (Lipinski definition) is 1. The zero-order valence-electron chi connectivity index (χ0n) is 10.5. The third-order valence-corrected chi connectivity index (χ3v) is 3.55. The van der Waals surface area contributed by atoms with Crippen LogP contribution in [0.25, 0.3) is 0 Å². The fourth-order valence-corrected chi connectivity index (χ4v) is 2.11. The van der Waals surface area contributed by atoms with Gasteiger partial charge >= 0.3 is 0 Å². The predicted molar refractivity (Wildman–Crippen MR) is 82.4 cm³/mol. The first kappa shape index (κ1) is 18.1. The van der Waals surface area contributed by atoms with E-state index in [1.165, 1.54) is 32.5 Å². The quantitative estimate of drug-likeness (QED) is 0.439. The minimum absolute atomic E-state index is 0.762. The molecule has 0 radical (unpaired) electrons. The Bertz CT molecular complexity index is 130. The third-order valence-electron chi connectivity index (χ3n) is 2.07. The van der Waals surface area contributed by atoms with E-state index in [0.29, 0.717) is 0 Å². The molecule has 0 aliphatic rings. The van der Waals surface area contributed by atoms with Crippen molar-refractivity contribution < 1.29 is 0 Å². The summed E-state index contributed by atoms with van der Waals surface area (Å²) in [5.74, 6) is 1.12. The molecule has 0 bridgehead atoms. The summed E-state index contributed by atoms with van der Waals surface area (Å²) in [4.78, 5) is 2.38. The molecule has 0 N–H and O–H groups in total. The second kappa shape index (κ2) is 14.8. The van der Waals surface area contributed by atoms with Gasteiger partial charge in [-0.3, -0.25) is 0 Å². The van der Waals surface area contributed by atoms with Gasteiger partial charge in [0.15, 0.2) is 0 Å². The maximum atomic E-state index is 4.74. The van der Waals surface area contributed by atoms with Crippen LogP contribution in [0, 0.1) is 0 Å². The van der Waals surface area contributed by atoms with Crippen LogP contribution < -0.4 is 0 Å². The van der Waals surface area contributed by atoms with Crippen LogP contribution >= 0.6 is 36.6 Å². The van der Waals surface area contributed by atoms with Gasteiger partial charge in [0.1, 0.15) is 3.53 Å². The Kier molecular flexibility index (Phi) is 17.8.